The standard InChI is InChI=1S/C28H22BrN3O4S/c1-3-17-8-10-21(11-9-17)32-27(34)22(26(33)31-28(32)37)12-20-13-24(35-2)25(14-23(20)29)36-16-19-7-5-4-6-18(19)15-30/h4-14H,3,16H2,1-2H3,(H,31,33,37)/b22-12+. The highest BCUT2D eigenvalue weighted by Gasteiger charge is 2.34. The fourth-order valence-corrected chi connectivity index (χ4v) is 4.49. The smallest absolute Gasteiger partial charge is 0.270 e. The first-order chi connectivity index (χ1) is 17.9. The summed E-state index contributed by atoms with van der Waals surface area (Å²) in [5.41, 5.74) is 3.41. The van der Waals surface area contributed by atoms with Crippen molar-refractivity contribution < 1.29 is 19.1 Å². The number of carbonyl (C=O) groups excluding carboxylic acids is 2. The van der Waals surface area contributed by atoms with E-state index in [9.17, 15) is 14.9 Å². The lowest BCUT2D eigenvalue weighted by atomic mass is 10.1. The van der Waals surface area contributed by atoms with Gasteiger partial charge in [-0.1, -0.05) is 53.2 Å². The Labute approximate surface area is 228 Å². The summed E-state index contributed by atoms with van der Waals surface area (Å²) in [6.45, 7) is 2.21. The predicted molar refractivity (Wildman–Crippen MR) is 148 cm³/mol. The zero-order valence-electron chi connectivity index (χ0n) is 20.1. The Morgan fingerprint density at radius 3 is 2.51 bits per heavy atom. The van der Waals surface area contributed by atoms with Crippen LogP contribution >= 0.6 is 28.1 Å². The average Bonchev–Trinajstić information content (AvgIpc) is 2.91. The number of rotatable bonds is 7. The van der Waals surface area contributed by atoms with Gasteiger partial charge >= 0.3 is 0 Å². The third-order valence-corrected chi connectivity index (χ3v) is 6.78. The number of hydrogen-bond donors (Lipinski definition) is 1. The summed E-state index contributed by atoms with van der Waals surface area (Å²) in [5.74, 6) is -0.286. The number of nitrogens with one attached hydrogen (secondary N) is 1. The molecule has 3 aromatic carbocycles. The second kappa shape index (κ2) is 11.4. The first-order valence-electron chi connectivity index (χ1n) is 11.3. The molecule has 2 amide bonds. The van der Waals surface area contributed by atoms with Crippen molar-refractivity contribution in [3.63, 3.8) is 0 Å². The molecule has 0 atom stereocenters. The maximum absolute atomic E-state index is 13.4. The van der Waals surface area contributed by atoms with Crippen LogP contribution in [0.3, 0.4) is 0 Å². The molecule has 9 heteroatoms. The molecular weight excluding hydrogens is 554 g/mol. The topological polar surface area (TPSA) is 91.7 Å². The zero-order valence-corrected chi connectivity index (χ0v) is 22.5. The van der Waals surface area contributed by atoms with Crippen LogP contribution in [0.25, 0.3) is 6.08 Å². The minimum absolute atomic E-state index is 0.0226. The van der Waals surface area contributed by atoms with Crippen LogP contribution in [0.5, 0.6) is 11.5 Å². The van der Waals surface area contributed by atoms with E-state index in [0.717, 1.165) is 17.5 Å². The number of nitriles is 1. The SMILES string of the molecule is CCc1ccc(N2C(=O)/C(=C/c3cc(OC)c(OCc4ccccc4C#N)cc3Br)C(=O)NC2=S)cc1. The van der Waals surface area contributed by atoms with Crippen molar-refractivity contribution in [1.29, 1.82) is 5.26 Å². The minimum atomic E-state index is -0.587. The molecule has 4 rings (SSSR count). The molecule has 1 heterocycles. The van der Waals surface area contributed by atoms with Crippen LogP contribution in [0.2, 0.25) is 0 Å². The van der Waals surface area contributed by atoms with Gasteiger partial charge < -0.3 is 9.47 Å². The van der Waals surface area contributed by atoms with Gasteiger partial charge in [0.25, 0.3) is 11.8 Å². The quantitative estimate of drug-likeness (QED) is 0.233. The summed E-state index contributed by atoms with van der Waals surface area (Å²) in [7, 11) is 1.49. The largest absolute Gasteiger partial charge is 0.493 e. The van der Waals surface area contributed by atoms with Gasteiger partial charge in [-0.2, -0.15) is 5.26 Å². The summed E-state index contributed by atoms with van der Waals surface area (Å²) in [6, 6.07) is 20.1. The zero-order chi connectivity index (χ0) is 26.5. The van der Waals surface area contributed by atoms with Crippen molar-refractivity contribution in [1.82, 2.24) is 5.32 Å². The van der Waals surface area contributed by atoms with Gasteiger partial charge in [-0.3, -0.25) is 19.8 Å². The van der Waals surface area contributed by atoms with Crippen LogP contribution < -0.4 is 19.7 Å². The van der Waals surface area contributed by atoms with Crippen molar-refractivity contribution in [2.24, 2.45) is 0 Å². The summed E-state index contributed by atoms with van der Waals surface area (Å²) >= 11 is 8.80. The Balaban J connectivity index is 1.64. The lowest BCUT2D eigenvalue weighted by Crippen LogP contribution is -2.54. The van der Waals surface area contributed by atoms with Crippen molar-refractivity contribution in [3.05, 3.63) is 93.0 Å². The molecule has 1 aliphatic rings. The van der Waals surface area contributed by atoms with Gasteiger partial charge in [-0.25, -0.2) is 0 Å². The van der Waals surface area contributed by atoms with Gasteiger partial charge in [0.1, 0.15) is 12.2 Å². The molecule has 1 aliphatic heterocycles. The molecule has 1 fully saturated rings. The summed E-state index contributed by atoms with van der Waals surface area (Å²) in [6.07, 6.45) is 2.34. The second-order valence-electron chi connectivity index (χ2n) is 8.06. The average molecular weight is 576 g/mol. The van der Waals surface area contributed by atoms with Gasteiger partial charge in [-0.15, -0.1) is 0 Å². The highest BCUT2D eigenvalue weighted by Crippen LogP contribution is 2.36. The lowest BCUT2D eigenvalue weighted by molar-refractivity contribution is -0.122. The van der Waals surface area contributed by atoms with Gasteiger partial charge in [0.05, 0.1) is 24.4 Å². The molecule has 3 aromatic rings. The molecule has 0 aromatic heterocycles. The van der Waals surface area contributed by atoms with Crippen LogP contribution in [-0.2, 0) is 22.6 Å². The molecule has 0 aliphatic carbocycles. The maximum Gasteiger partial charge on any atom is 0.270 e. The van der Waals surface area contributed by atoms with Crippen molar-refractivity contribution in [3.8, 4) is 17.6 Å². The number of aryl methyl sites for hydroxylation is 1. The first kappa shape index (κ1) is 26.1. The van der Waals surface area contributed by atoms with Crippen LogP contribution in [0.4, 0.5) is 5.69 Å². The molecule has 1 N–H and O–H groups in total. The molecule has 186 valence electrons. The number of methoxy groups -OCH3 is 1. The van der Waals surface area contributed by atoms with Crippen LogP contribution in [-0.4, -0.2) is 24.0 Å². The minimum Gasteiger partial charge on any atom is -0.493 e. The van der Waals surface area contributed by atoms with E-state index in [4.69, 9.17) is 21.7 Å². The Bertz CT molecular complexity index is 1460. The van der Waals surface area contributed by atoms with E-state index in [1.807, 2.05) is 31.2 Å². The van der Waals surface area contributed by atoms with E-state index in [0.29, 0.717) is 32.8 Å². The first-order valence-corrected chi connectivity index (χ1v) is 12.5. The highest BCUT2D eigenvalue weighted by molar-refractivity contribution is 9.10. The lowest BCUT2D eigenvalue weighted by Gasteiger charge is -2.29. The summed E-state index contributed by atoms with van der Waals surface area (Å²) in [4.78, 5) is 27.4. The van der Waals surface area contributed by atoms with E-state index in [1.54, 1.807) is 36.4 Å². The number of amides is 2. The van der Waals surface area contributed by atoms with Crippen LogP contribution in [0.15, 0.2) is 70.7 Å². The number of anilines is 1. The van der Waals surface area contributed by atoms with E-state index in [2.05, 4.69) is 27.3 Å². The second-order valence-corrected chi connectivity index (χ2v) is 9.30. The molecule has 0 spiro atoms. The van der Waals surface area contributed by atoms with Crippen LogP contribution in [0.1, 0.15) is 29.2 Å². The van der Waals surface area contributed by atoms with Gasteiger partial charge in [0.15, 0.2) is 16.6 Å². The molecule has 7 nitrogen and oxygen atoms in total. The monoisotopic (exact) mass is 575 g/mol. The molecule has 0 bridgehead atoms. The molecule has 0 radical (unpaired) electrons. The van der Waals surface area contributed by atoms with E-state index in [1.165, 1.54) is 18.1 Å². The maximum atomic E-state index is 13.4. The number of thiocarbonyl (C=S) groups is 1. The third kappa shape index (κ3) is 5.56. The summed E-state index contributed by atoms with van der Waals surface area (Å²) < 4.78 is 12.0. The van der Waals surface area contributed by atoms with Crippen molar-refractivity contribution >= 4 is 56.8 Å². The molecule has 0 saturated carbocycles. The van der Waals surface area contributed by atoms with Gasteiger partial charge in [0.2, 0.25) is 0 Å². The predicted octanol–water partition coefficient (Wildman–Crippen LogP) is 5.30. The summed E-state index contributed by atoms with van der Waals surface area (Å²) in [5, 5.41) is 11.9. The van der Waals surface area contributed by atoms with Crippen molar-refractivity contribution in [2.45, 2.75) is 20.0 Å². The Hall–Kier alpha value is -4.00. The number of carbonyl (C=O) groups is 2. The van der Waals surface area contributed by atoms with E-state index < -0.39 is 11.8 Å². The normalized spacial score (nSPS) is 14.4. The number of ether oxygens (including phenoxy) is 2. The van der Waals surface area contributed by atoms with E-state index in [-0.39, 0.29) is 17.3 Å². The number of nitrogens with zero attached hydrogens (tertiary/aromatic N) is 2. The third-order valence-electron chi connectivity index (χ3n) is 5.81. The number of halogens is 1. The Kier molecular flexibility index (Phi) is 8.01. The molecule has 1 saturated heterocycles. The van der Waals surface area contributed by atoms with Crippen molar-refractivity contribution in [2.75, 3.05) is 12.0 Å². The van der Waals surface area contributed by atoms with E-state index >= 15 is 0 Å². The van der Waals surface area contributed by atoms with Gasteiger partial charge in [0, 0.05) is 10.0 Å². The highest BCUT2D eigenvalue weighted by atomic mass is 79.9. The fourth-order valence-electron chi connectivity index (χ4n) is 3.77. The number of hydrogen-bond acceptors (Lipinski definition) is 6. The number of benzene rings is 3. The molecule has 0 unspecified atom stereocenters. The van der Waals surface area contributed by atoms with Crippen LogP contribution in [0, 0.1) is 11.3 Å². The Morgan fingerprint density at radius 1 is 1.11 bits per heavy atom. The molecular formula is C28H22BrN3O4S. The molecule has 37 heavy (non-hydrogen) atoms. The Morgan fingerprint density at radius 2 is 1.84 bits per heavy atom. The van der Waals surface area contributed by atoms with Gasteiger partial charge in [-0.05, 0) is 66.2 Å². The fraction of sp³-hybridized carbons (Fsp3) is 0.143.